The van der Waals surface area contributed by atoms with Crippen molar-refractivity contribution in [1.82, 2.24) is 20.1 Å². The minimum atomic E-state index is 0.587. The highest BCUT2D eigenvalue weighted by Crippen LogP contribution is 2.28. The molecule has 2 heterocycles. The van der Waals surface area contributed by atoms with E-state index in [-0.39, 0.29) is 0 Å². The van der Waals surface area contributed by atoms with Crippen molar-refractivity contribution in [2.24, 2.45) is 5.92 Å². The summed E-state index contributed by atoms with van der Waals surface area (Å²) in [5.41, 5.74) is 0. The molecule has 0 amide bonds. The van der Waals surface area contributed by atoms with E-state index in [1.54, 1.807) is 0 Å². The molecule has 0 bridgehead atoms. The van der Waals surface area contributed by atoms with Crippen LogP contribution >= 0.6 is 0 Å². The second-order valence-corrected chi connectivity index (χ2v) is 5.49. The Labute approximate surface area is 103 Å². The maximum atomic E-state index is 4.31. The average molecular weight is 234 g/mol. The molecule has 1 N–H and O–H groups in total. The molecule has 0 radical (unpaired) electrons. The number of hydrogen-bond donors (Lipinski definition) is 1. The predicted molar refractivity (Wildman–Crippen MR) is 66.8 cm³/mol. The van der Waals surface area contributed by atoms with Crippen LogP contribution in [0.3, 0.4) is 0 Å². The first-order chi connectivity index (χ1) is 8.43. The van der Waals surface area contributed by atoms with Gasteiger partial charge in [-0.3, -0.25) is 0 Å². The maximum absolute atomic E-state index is 4.31. The molecule has 0 aromatic carbocycles. The van der Waals surface area contributed by atoms with E-state index in [1.165, 1.54) is 44.3 Å². The highest BCUT2D eigenvalue weighted by molar-refractivity contribution is 4.93. The lowest BCUT2D eigenvalue weighted by Gasteiger charge is -2.14. The average Bonchev–Trinajstić information content (AvgIpc) is 3.09. The van der Waals surface area contributed by atoms with Crippen LogP contribution in [0.25, 0.3) is 0 Å². The Hall–Kier alpha value is -0.900. The van der Waals surface area contributed by atoms with E-state index >= 15 is 0 Å². The molecule has 1 aromatic rings. The van der Waals surface area contributed by atoms with Gasteiger partial charge in [0.25, 0.3) is 0 Å². The lowest BCUT2D eigenvalue weighted by molar-refractivity contribution is 0.468. The Morgan fingerprint density at radius 1 is 1.29 bits per heavy atom. The fraction of sp³-hybridized carbons (Fsp3) is 0.846. The molecule has 1 aliphatic carbocycles. The van der Waals surface area contributed by atoms with E-state index in [2.05, 4.69) is 20.1 Å². The van der Waals surface area contributed by atoms with Crippen LogP contribution in [-0.4, -0.2) is 27.9 Å². The first-order valence-electron chi connectivity index (χ1n) is 7.02. The fourth-order valence-electron chi connectivity index (χ4n) is 3.26. The van der Waals surface area contributed by atoms with Crippen LogP contribution in [0.1, 0.15) is 50.4 Å². The van der Waals surface area contributed by atoms with E-state index in [4.69, 9.17) is 0 Å². The maximum Gasteiger partial charge on any atom is 0.133 e. The van der Waals surface area contributed by atoms with E-state index < -0.39 is 0 Å². The van der Waals surface area contributed by atoms with Crippen molar-refractivity contribution in [1.29, 1.82) is 0 Å². The molecule has 1 aromatic heterocycles. The molecule has 4 heteroatoms. The second kappa shape index (κ2) is 5.17. The molecular weight excluding hydrogens is 212 g/mol. The number of hydrogen-bond acceptors (Lipinski definition) is 3. The standard InChI is InChI=1S/C13H22N4/c1-2-4-11(3-1)5-6-13-16-15-10-17(13)12-7-8-14-9-12/h10-12,14H,1-9H2. The van der Waals surface area contributed by atoms with Crippen LogP contribution in [0, 0.1) is 5.92 Å². The third-order valence-electron chi connectivity index (χ3n) is 4.33. The van der Waals surface area contributed by atoms with Crippen LogP contribution in [0.5, 0.6) is 0 Å². The van der Waals surface area contributed by atoms with Crippen molar-refractivity contribution >= 4 is 0 Å². The van der Waals surface area contributed by atoms with Gasteiger partial charge >= 0.3 is 0 Å². The normalized spacial score (nSPS) is 25.8. The van der Waals surface area contributed by atoms with Crippen LogP contribution in [-0.2, 0) is 6.42 Å². The van der Waals surface area contributed by atoms with Gasteiger partial charge in [-0.05, 0) is 25.3 Å². The quantitative estimate of drug-likeness (QED) is 0.865. The molecule has 94 valence electrons. The smallest absolute Gasteiger partial charge is 0.133 e. The Morgan fingerprint density at radius 3 is 2.94 bits per heavy atom. The van der Waals surface area contributed by atoms with E-state index in [0.29, 0.717) is 6.04 Å². The van der Waals surface area contributed by atoms with Crippen LogP contribution in [0.2, 0.25) is 0 Å². The Kier molecular flexibility index (Phi) is 3.41. The van der Waals surface area contributed by atoms with Crippen molar-refractivity contribution in [2.45, 2.75) is 51.0 Å². The summed E-state index contributed by atoms with van der Waals surface area (Å²) >= 11 is 0. The summed E-state index contributed by atoms with van der Waals surface area (Å²) < 4.78 is 2.30. The second-order valence-electron chi connectivity index (χ2n) is 5.49. The van der Waals surface area contributed by atoms with E-state index in [9.17, 15) is 0 Å². The van der Waals surface area contributed by atoms with Crippen molar-refractivity contribution in [3.8, 4) is 0 Å². The van der Waals surface area contributed by atoms with Crippen LogP contribution in [0.15, 0.2) is 6.33 Å². The summed E-state index contributed by atoms with van der Waals surface area (Å²) in [4.78, 5) is 0. The summed E-state index contributed by atoms with van der Waals surface area (Å²) in [6.07, 6.45) is 11.3. The van der Waals surface area contributed by atoms with Gasteiger partial charge in [-0.1, -0.05) is 25.7 Å². The summed E-state index contributed by atoms with van der Waals surface area (Å²) in [7, 11) is 0. The Balaban J connectivity index is 1.60. The van der Waals surface area contributed by atoms with Gasteiger partial charge in [-0.25, -0.2) is 0 Å². The largest absolute Gasteiger partial charge is 0.315 e. The molecule has 1 aliphatic heterocycles. The van der Waals surface area contributed by atoms with Gasteiger partial charge in [0.2, 0.25) is 0 Å². The molecule has 3 rings (SSSR count). The summed E-state index contributed by atoms with van der Waals surface area (Å²) in [5, 5.41) is 11.8. The molecule has 0 spiro atoms. The zero-order valence-corrected chi connectivity index (χ0v) is 10.4. The monoisotopic (exact) mass is 234 g/mol. The van der Waals surface area contributed by atoms with Gasteiger partial charge in [-0.15, -0.1) is 10.2 Å². The van der Waals surface area contributed by atoms with Crippen molar-refractivity contribution in [2.75, 3.05) is 13.1 Å². The van der Waals surface area contributed by atoms with Crippen LogP contribution in [0.4, 0.5) is 0 Å². The summed E-state index contributed by atoms with van der Waals surface area (Å²) in [6, 6.07) is 0.587. The van der Waals surface area contributed by atoms with Crippen LogP contribution < -0.4 is 5.32 Å². The van der Waals surface area contributed by atoms with Crippen molar-refractivity contribution in [3.63, 3.8) is 0 Å². The van der Waals surface area contributed by atoms with E-state index in [0.717, 1.165) is 25.4 Å². The number of aromatic nitrogens is 3. The first-order valence-corrected chi connectivity index (χ1v) is 7.02. The molecule has 2 fully saturated rings. The molecular formula is C13H22N4. The summed E-state index contributed by atoms with van der Waals surface area (Å²) in [5.74, 6) is 2.15. The van der Waals surface area contributed by atoms with Gasteiger partial charge in [0.1, 0.15) is 12.2 Å². The predicted octanol–water partition coefficient (Wildman–Crippen LogP) is 1.94. The van der Waals surface area contributed by atoms with Gasteiger partial charge < -0.3 is 9.88 Å². The minimum absolute atomic E-state index is 0.587. The number of nitrogens with one attached hydrogen (secondary N) is 1. The zero-order chi connectivity index (χ0) is 11.5. The Morgan fingerprint density at radius 2 is 2.18 bits per heavy atom. The molecule has 1 saturated heterocycles. The first kappa shape index (κ1) is 11.2. The molecule has 4 nitrogen and oxygen atoms in total. The minimum Gasteiger partial charge on any atom is -0.315 e. The lowest BCUT2D eigenvalue weighted by Crippen LogP contribution is -2.15. The summed E-state index contributed by atoms with van der Waals surface area (Å²) in [6.45, 7) is 2.21. The third-order valence-corrected chi connectivity index (χ3v) is 4.33. The topological polar surface area (TPSA) is 42.7 Å². The molecule has 17 heavy (non-hydrogen) atoms. The highest BCUT2D eigenvalue weighted by Gasteiger charge is 2.21. The van der Waals surface area contributed by atoms with Crippen molar-refractivity contribution < 1.29 is 0 Å². The van der Waals surface area contributed by atoms with Gasteiger partial charge in [0.05, 0.1) is 0 Å². The number of aryl methyl sites for hydroxylation is 1. The van der Waals surface area contributed by atoms with E-state index in [1.807, 2.05) is 6.33 Å². The van der Waals surface area contributed by atoms with Gasteiger partial charge in [-0.2, -0.15) is 0 Å². The SMILES string of the molecule is c1nnc(CCC2CCCC2)n1C1CCNC1. The highest BCUT2D eigenvalue weighted by atomic mass is 15.3. The van der Waals surface area contributed by atoms with Gasteiger partial charge in [0.15, 0.2) is 0 Å². The molecule has 1 atom stereocenters. The number of nitrogens with zero attached hydrogens (tertiary/aromatic N) is 3. The molecule has 1 unspecified atom stereocenters. The fourth-order valence-corrected chi connectivity index (χ4v) is 3.26. The third kappa shape index (κ3) is 2.51. The molecule has 1 saturated carbocycles. The zero-order valence-electron chi connectivity index (χ0n) is 10.4. The van der Waals surface area contributed by atoms with Gasteiger partial charge in [0, 0.05) is 19.0 Å². The number of rotatable bonds is 4. The van der Waals surface area contributed by atoms with Crippen molar-refractivity contribution in [3.05, 3.63) is 12.2 Å². The Bertz CT molecular complexity index is 348. The lowest BCUT2D eigenvalue weighted by atomic mass is 10.0. The molecule has 2 aliphatic rings.